The number of aromatic nitrogens is 2. The second kappa shape index (κ2) is 6.61. The van der Waals surface area contributed by atoms with E-state index in [-0.39, 0.29) is 6.79 Å². The van der Waals surface area contributed by atoms with Crippen LogP contribution in [0.3, 0.4) is 0 Å². The van der Waals surface area contributed by atoms with E-state index in [0.717, 1.165) is 37.6 Å². The molecule has 9 heteroatoms. The predicted molar refractivity (Wildman–Crippen MR) is 95.0 cm³/mol. The van der Waals surface area contributed by atoms with E-state index in [9.17, 15) is 0 Å². The second-order valence-corrected chi connectivity index (χ2v) is 6.08. The van der Waals surface area contributed by atoms with Crippen molar-refractivity contribution in [2.45, 2.75) is 0 Å². The Morgan fingerprint density at radius 3 is 2.64 bits per heavy atom. The minimum absolute atomic E-state index is 0.244. The van der Waals surface area contributed by atoms with Gasteiger partial charge in [-0.3, -0.25) is 0 Å². The molecule has 0 unspecified atom stereocenters. The molecule has 4 N–H and O–H groups in total. The molecule has 4 rings (SSSR count). The minimum Gasteiger partial charge on any atom is -0.454 e. The summed E-state index contributed by atoms with van der Waals surface area (Å²) in [7, 11) is 2.11. The van der Waals surface area contributed by atoms with Crippen molar-refractivity contribution < 1.29 is 9.47 Å². The highest BCUT2D eigenvalue weighted by Gasteiger charge is 2.17. The van der Waals surface area contributed by atoms with Gasteiger partial charge in [0, 0.05) is 37.9 Å². The Bertz CT molecular complexity index is 762. The fourth-order valence-electron chi connectivity index (χ4n) is 2.76. The number of piperazine rings is 1. The number of hydrogen-bond donors (Lipinski definition) is 3. The maximum Gasteiger partial charge on any atom is 0.231 e. The molecule has 0 bridgehead atoms. The third kappa shape index (κ3) is 3.37. The average Bonchev–Trinajstić information content (AvgIpc) is 3.08. The zero-order valence-electron chi connectivity index (χ0n) is 14.0. The number of likely N-dealkylation sites (N-methyl/N-ethyl adjacent to an activating group) is 1. The molecule has 0 spiro atoms. The van der Waals surface area contributed by atoms with Crippen molar-refractivity contribution in [1.82, 2.24) is 19.9 Å². The first kappa shape index (κ1) is 15.7. The first-order chi connectivity index (χ1) is 12.2. The summed E-state index contributed by atoms with van der Waals surface area (Å²) in [6.07, 6.45) is 1.49. The van der Waals surface area contributed by atoms with Crippen LogP contribution in [-0.4, -0.2) is 59.9 Å². The third-order valence-corrected chi connectivity index (χ3v) is 4.29. The Hall–Kier alpha value is -2.78. The number of nitrogens with zero attached hydrogens (tertiary/aromatic N) is 4. The molecule has 0 saturated carbocycles. The molecule has 3 heterocycles. The van der Waals surface area contributed by atoms with Gasteiger partial charge >= 0.3 is 0 Å². The predicted octanol–water partition coefficient (Wildman–Crippen LogP) is 1.11. The Morgan fingerprint density at radius 2 is 1.80 bits per heavy atom. The van der Waals surface area contributed by atoms with Crippen molar-refractivity contribution in [2.75, 3.05) is 56.5 Å². The molecule has 9 nitrogen and oxygen atoms in total. The first-order valence-electron chi connectivity index (χ1n) is 8.16. The highest BCUT2D eigenvalue weighted by molar-refractivity contribution is 5.78. The second-order valence-electron chi connectivity index (χ2n) is 6.08. The van der Waals surface area contributed by atoms with E-state index in [1.807, 2.05) is 18.2 Å². The summed E-state index contributed by atoms with van der Waals surface area (Å²) in [6.45, 7) is 4.06. The van der Waals surface area contributed by atoms with Crippen LogP contribution in [0.1, 0.15) is 0 Å². The van der Waals surface area contributed by atoms with Crippen LogP contribution in [0.25, 0.3) is 0 Å². The van der Waals surface area contributed by atoms with Crippen LogP contribution in [0, 0.1) is 0 Å². The zero-order valence-corrected chi connectivity index (χ0v) is 14.0. The molecule has 0 atom stereocenters. The zero-order chi connectivity index (χ0) is 17.2. The molecule has 1 fully saturated rings. The molecule has 132 valence electrons. The molecule has 2 aromatic rings. The first-order valence-corrected chi connectivity index (χ1v) is 8.16. The van der Waals surface area contributed by atoms with Gasteiger partial charge in [0.25, 0.3) is 0 Å². The molecule has 25 heavy (non-hydrogen) atoms. The molecule has 2 aliphatic rings. The van der Waals surface area contributed by atoms with E-state index < -0.39 is 0 Å². The maximum atomic E-state index is 6.25. The van der Waals surface area contributed by atoms with Crippen LogP contribution < -0.4 is 25.9 Å². The smallest absolute Gasteiger partial charge is 0.231 e. The molecule has 1 aromatic heterocycles. The topological polar surface area (TPSA) is 101 Å². The van der Waals surface area contributed by atoms with Crippen molar-refractivity contribution in [3.63, 3.8) is 0 Å². The summed E-state index contributed by atoms with van der Waals surface area (Å²) in [5, 5.41) is 5.32. The van der Waals surface area contributed by atoms with Crippen LogP contribution in [0.2, 0.25) is 0 Å². The van der Waals surface area contributed by atoms with E-state index in [2.05, 4.69) is 37.7 Å². The van der Waals surface area contributed by atoms with Gasteiger partial charge < -0.3 is 30.8 Å². The average molecular weight is 343 g/mol. The molecular weight excluding hydrogens is 322 g/mol. The number of anilines is 4. The van der Waals surface area contributed by atoms with E-state index in [4.69, 9.17) is 15.2 Å². The monoisotopic (exact) mass is 343 g/mol. The number of rotatable bonds is 4. The Kier molecular flexibility index (Phi) is 4.16. The SMILES string of the molecule is CN1CCN(Nc2ncnc(Nc3ccc4c(c3)OCO4)c2N)CC1. The molecule has 0 aliphatic carbocycles. The van der Waals surface area contributed by atoms with Crippen LogP contribution in [0.5, 0.6) is 11.5 Å². The number of nitrogens with one attached hydrogen (secondary N) is 2. The van der Waals surface area contributed by atoms with Crippen molar-refractivity contribution >= 4 is 23.0 Å². The van der Waals surface area contributed by atoms with Gasteiger partial charge in [0.15, 0.2) is 23.1 Å². The molecule has 0 amide bonds. The quantitative estimate of drug-likeness (QED) is 0.753. The Labute approximate surface area is 145 Å². The normalized spacial score (nSPS) is 17.5. The van der Waals surface area contributed by atoms with E-state index in [1.165, 1.54) is 6.33 Å². The molecule has 1 aromatic carbocycles. The lowest BCUT2D eigenvalue weighted by Gasteiger charge is -2.32. The van der Waals surface area contributed by atoms with E-state index in [0.29, 0.717) is 23.1 Å². The highest BCUT2D eigenvalue weighted by atomic mass is 16.7. The van der Waals surface area contributed by atoms with Crippen molar-refractivity contribution in [3.05, 3.63) is 24.5 Å². The van der Waals surface area contributed by atoms with Crippen LogP contribution >= 0.6 is 0 Å². The Balaban J connectivity index is 1.49. The number of nitrogen functional groups attached to an aromatic ring is 1. The molecule has 0 radical (unpaired) electrons. The van der Waals surface area contributed by atoms with Gasteiger partial charge in [-0.25, -0.2) is 15.0 Å². The minimum atomic E-state index is 0.244. The van der Waals surface area contributed by atoms with Gasteiger partial charge in [-0.15, -0.1) is 0 Å². The highest BCUT2D eigenvalue weighted by Crippen LogP contribution is 2.35. The molecule has 1 saturated heterocycles. The van der Waals surface area contributed by atoms with Crippen molar-refractivity contribution in [3.8, 4) is 11.5 Å². The van der Waals surface area contributed by atoms with Crippen LogP contribution in [0.15, 0.2) is 24.5 Å². The number of ether oxygens (including phenoxy) is 2. The van der Waals surface area contributed by atoms with Gasteiger partial charge in [-0.05, 0) is 19.2 Å². The summed E-state index contributed by atoms with van der Waals surface area (Å²) in [6, 6.07) is 5.60. The number of fused-ring (bicyclic) bond motifs is 1. The van der Waals surface area contributed by atoms with E-state index >= 15 is 0 Å². The Morgan fingerprint density at radius 1 is 1.04 bits per heavy atom. The fraction of sp³-hybridized carbons (Fsp3) is 0.375. The summed E-state index contributed by atoms with van der Waals surface area (Å²) >= 11 is 0. The number of hydrogen-bond acceptors (Lipinski definition) is 9. The standard InChI is InChI=1S/C16H21N7O2/c1-22-4-6-23(7-5-22)21-16-14(17)15(18-9-19-16)20-11-2-3-12-13(8-11)25-10-24-12/h2-3,8-9H,4-7,10,17H2,1H3,(H2,18,19,20,21). The number of hydrazine groups is 1. The van der Waals surface area contributed by atoms with Gasteiger partial charge in [-0.1, -0.05) is 0 Å². The van der Waals surface area contributed by atoms with Crippen molar-refractivity contribution in [1.29, 1.82) is 0 Å². The summed E-state index contributed by atoms with van der Waals surface area (Å²) in [4.78, 5) is 10.8. The summed E-state index contributed by atoms with van der Waals surface area (Å²) < 4.78 is 10.7. The van der Waals surface area contributed by atoms with Crippen LogP contribution in [-0.2, 0) is 0 Å². The van der Waals surface area contributed by atoms with Gasteiger partial charge in [0.1, 0.15) is 12.0 Å². The van der Waals surface area contributed by atoms with E-state index in [1.54, 1.807) is 0 Å². The van der Waals surface area contributed by atoms with Gasteiger partial charge in [0.05, 0.1) is 0 Å². The summed E-state index contributed by atoms with van der Waals surface area (Å²) in [5.74, 6) is 2.58. The fourth-order valence-corrected chi connectivity index (χ4v) is 2.76. The lowest BCUT2D eigenvalue weighted by molar-refractivity contribution is 0.174. The van der Waals surface area contributed by atoms with Crippen molar-refractivity contribution in [2.24, 2.45) is 0 Å². The number of nitrogens with two attached hydrogens (primary N) is 1. The molecular formula is C16H21N7O2. The van der Waals surface area contributed by atoms with Gasteiger partial charge in [-0.2, -0.15) is 0 Å². The third-order valence-electron chi connectivity index (χ3n) is 4.29. The van der Waals surface area contributed by atoms with Gasteiger partial charge in [0.2, 0.25) is 6.79 Å². The summed E-state index contributed by atoms with van der Waals surface area (Å²) in [5.41, 5.74) is 10.8. The number of benzene rings is 1. The largest absolute Gasteiger partial charge is 0.454 e. The molecule has 2 aliphatic heterocycles. The lowest BCUT2D eigenvalue weighted by atomic mass is 10.2. The lowest BCUT2D eigenvalue weighted by Crippen LogP contribution is -2.47. The maximum absolute atomic E-state index is 6.25. The van der Waals surface area contributed by atoms with Crippen LogP contribution in [0.4, 0.5) is 23.0 Å².